The molecular formula is C25H25BN4O11. The Morgan fingerprint density at radius 2 is 1.80 bits per heavy atom. The predicted molar refractivity (Wildman–Crippen MR) is 138 cm³/mol. The molecule has 214 valence electrons. The van der Waals surface area contributed by atoms with Crippen LogP contribution in [-0.4, -0.2) is 98.5 Å². The molecule has 2 aromatic rings. The van der Waals surface area contributed by atoms with Gasteiger partial charge in [-0.3, -0.25) is 19.3 Å². The third-order valence-electron chi connectivity index (χ3n) is 6.73. The Morgan fingerprint density at radius 3 is 2.44 bits per heavy atom. The van der Waals surface area contributed by atoms with Crippen molar-refractivity contribution in [3.63, 3.8) is 0 Å². The smallest absolute Gasteiger partial charge is 0.534 e. The first-order valence-corrected chi connectivity index (χ1v) is 12.4. The van der Waals surface area contributed by atoms with Crippen LogP contribution < -0.4 is 15.3 Å². The zero-order valence-electron chi connectivity index (χ0n) is 21.6. The molecule has 2 unspecified atom stereocenters. The summed E-state index contributed by atoms with van der Waals surface area (Å²) < 4.78 is 5.37. The number of carboxylic acid groups (broad SMARTS) is 2. The monoisotopic (exact) mass is 568 g/mol. The lowest BCUT2D eigenvalue weighted by Gasteiger charge is -2.33. The number of aromatic hydroxyl groups is 1. The summed E-state index contributed by atoms with van der Waals surface area (Å²) >= 11 is 0. The average molecular weight is 568 g/mol. The maximum Gasteiger partial charge on any atom is 0.547 e. The van der Waals surface area contributed by atoms with E-state index in [0.717, 1.165) is 18.2 Å². The van der Waals surface area contributed by atoms with Crippen LogP contribution in [0.2, 0.25) is 0 Å². The van der Waals surface area contributed by atoms with Crippen LogP contribution in [0.4, 0.5) is 4.79 Å². The van der Waals surface area contributed by atoms with E-state index in [1.165, 1.54) is 17.0 Å². The molecule has 2 aromatic carbocycles. The van der Waals surface area contributed by atoms with Crippen molar-refractivity contribution in [2.75, 3.05) is 19.6 Å². The van der Waals surface area contributed by atoms with Crippen molar-refractivity contribution in [1.29, 1.82) is 0 Å². The van der Waals surface area contributed by atoms with Crippen LogP contribution in [0.3, 0.4) is 0 Å². The minimum atomic E-state index is -1.73. The Bertz CT molecular complexity index is 1450. The van der Waals surface area contributed by atoms with E-state index in [1.807, 2.05) is 0 Å². The number of imide groups is 1. The van der Waals surface area contributed by atoms with Crippen molar-refractivity contribution in [3.8, 4) is 11.5 Å². The summed E-state index contributed by atoms with van der Waals surface area (Å²) in [5.74, 6) is -7.56. The van der Waals surface area contributed by atoms with Gasteiger partial charge in [0.2, 0.25) is 5.91 Å². The summed E-state index contributed by atoms with van der Waals surface area (Å²) in [6, 6.07) is 4.48. The number of hydrogen-bond donors (Lipinski definition) is 6. The largest absolute Gasteiger partial charge is 0.547 e. The molecular weight excluding hydrogens is 543 g/mol. The quantitative estimate of drug-likeness (QED) is 0.182. The fourth-order valence-corrected chi connectivity index (χ4v) is 4.56. The third kappa shape index (κ3) is 5.77. The van der Waals surface area contributed by atoms with Gasteiger partial charge in [-0.1, -0.05) is 18.2 Å². The summed E-state index contributed by atoms with van der Waals surface area (Å²) in [7, 11) is -1.70. The van der Waals surface area contributed by atoms with Crippen LogP contribution in [0.5, 0.6) is 11.5 Å². The first-order chi connectivity index (χ1) is 19.4. The van der Waals surface area contributed by atoms with E-state index in [1.54, 1.807) is 13.0 Å². The summed E-state index contributed by atoms with van der Waals surface area (Å²) in [5, 5.41) is 44.5. The van der Waals surface area contributed by atoms with Crippen LogP contribution in [0, 0.1) is 0 Å². The number of carboxylic acids is 2. The Balaban J connectivity index is 1.61. The molecule has 0 bridgehead atoms. The second-order valence-electron chi connectivity index (χ2n) is 9.23. The molecule has 1 saturated heterocycles. The second kappa shape index (κ2) is 11.6. The lowest BCUT2D eigenvalue weighted by molar-refractivity contribution is -0.153. The lowest BCUT2D eigenvalue weighted by atomic mass is 9.72. The number of phenolic OH excluding ortho intramolecular Hbond substituents is 1. The van der Waals surface area contributed by atoms with Gasteiger partial charge < -0.3 is 40.5 Å². The molecule has 4 rings (SSSR count). The van der Waals surface area contributed by atoms with Gasteiger partial charge in [0.15, 0.2) is 0 Å². The summed E-state index contributed by atoms with van der Waals surface area (Å²) in [6.45, 7) is 1.81. The lowest BCUT2D eigenvalue weighted by Crippen LogP contribution is -2.60. The van der Waals surface area contributed by atoms with E-state index in [4.69, 9.17) is 4.65 Å². The number of piperazine rings is 1. The number of amides is 5. The van der Waals surface area contributed by atoms with Gasteiger partial charge in [-0.05, 0) is 37.1 Å². The van der Waals surface area contributed by atoms with Gasteiger partial charge in [0.1, 0.15) is 17.5 Å². The zero-order valence-corrected chi connectivity index (χ0v) is 21.6. The van der Waals surface area contributed by atoms with Crippen LogP contribution >= 0.6 is 0 Å². The maximum absolute atomic E-state index is 13.5. The molecule has 0 aliphatic carbocycles. The van der Waals surface area contributed by atoms with Gasteiger partial charge in [-0.25, -0.2) is 14.4 Å². The molecule has 41 heavy (non-hydrogen) atoms. The number of likely N-dealkylation sites (N-methyl/N-ethyl adjacent to an activating group) is 1. The molecule has 1 fully saturated rings. The molecule has 6 N–H and O–H groups in total. The van der Waals surface area contributed by atoms with Crippen molar-refractivity contribution < 1.29 is 53.8 Å². The topological polar surface area (TPSA) is 223 Å². The summed E-state index contributed by atoms with van der Waals surface area (Å²) in [5.41, 5.74) is -0.378. The fraction of sp³-hybridized carbons (Fsp3) is 0.280. The molecule has 0 saturated carbocycles. The minimum absolute atomic E-state index is 0.0628. The van der Waals surface area contributed by atoms with E-state index < -0.39 is 60.5 Å². The number of carbonyl (C=O) groups excluding carboxylic acids is 4. The number of para-hydroxylation sites is 1. The number of nitrogens with zero attached hydrogens (tertiary/aromatic N) is 2. The Kier molecular flexibility index (Phi) is 8.14. The summed E-state index contributed by atoms with van der Waals surface area (Å²) in [4.78, 5) is 76.1. The van der Waals surface area contributed by atoms with E-state index in [9.17, 15) is 49.1 Å². The van der Waals surface area contributed by atoms with Crippen molar-refractivity contribution in [2.45, 2.75) is 25.3 Å². The highest BCUT2D eigenvalue weighted by Gasteiger charge is 2.41. The van der Waals surface area contributed by atoms with Crippen molar-refractivity contribution in [3.05, 3.63) is 58.7 Å². The van der Waals surface area contributed by atoms with E-state index in [2.05, 4.69) is 10.6 Å². The first kappa shape index (κ1) is 28.9. The molecule has 5 amide bonds. The zero-order chi connectivity index (χ0) is 30.0. The second-order valence-corrected chi connectivity index (χ2v) is 9.23. The van der Waals surface area contributed by atoms with Crippen molar-refractivity contribution >= 4 is 42.8 Å². The molecule has 0 spiro atoms. The molecule has 15 nitrogen and oxygen atoms in total. The van der Waals surface area contributed by atoms with Crippen molar-refractivity contribution in [1.82, 2.24) is 20.4 Å². The Morgan fingerprint density at radius 1 is 1.07 bits per heavy atom. The van der Waals surface area contributed by atoms with E-state index in [0.29, 0.717) is 10.5 Å². The highest BCUT2D eigenvalue weighted by atomic mass is 16.5. The maximum atomic E-state index is 13.5. The first-order valence-electron chi connectivity index (χ1n) is 12.4. The average Bonchev–Trinajstić information content (AvgIpc) is 2.93. The number of nitrogens with one attached hydrogen (secondary N) is 2. The number of aromatic carboxylic acids is 2. The van der Waals surface area contributed by atoms with Gasteiger partial charge in [0.25, 0.3) is 0 Å². The van der Waals surface area contributed by atoms with Crippen LogP contribution in [0.15, 0.2) is 36.4 Å². The van der Waals surface area contributed by atoms with Gasteiger partial charge in [0, 0.05) is 25.2 Å². The molecule has 2 aliphatic heterocycles. The number of benzene rings is 2. The van der Waals surface area contributed by atoms with Crippen LogP contribution in [0.1, 0.15) is 44.8 Å². The highest BCUT2D eigenvalue weighted by molar-refractivity contribution is 6.47. The number of fused-ring (bicyclic) bond motifs is 1. The molecule has 16 heteroatoms. The fourth-order valence-electron chi connectivity index (χ4n) is 4.56. The summed E-state index contributed by atoms with van der Waals surface area (Å²) in [6.07, 6.45) is -0.0695. The number of phenols is 1. The number of hydrogen-bond acceptors (Lipinski definition) is 9. The molecule has 2 heterocycles. The van der Waals surface area contributed by atoms with Crippen LogP contribution in [-0.2, 0) is 20.8 Å². The molecule has 0 radical (unpaired) electrons. The van der Waals surface area contributed by atoms with Crippen molar-refractivity contribution in [2.24, 2.45) is 0 Å². The Labute approximate surface area is 232 Å². The number of urea groups is 1. The molecule has 2 atom stereocenters. The predicted octanol–water partition coefficient (Wildman–Crippen LogP) is -0.630. The molecule has 0 aromatic heterocycles. The number of rotatable bonds is 7. The number of carbonyl (C=O) groups is 6. The highest BCUT2D eigenvalue weighted by Crippen LogP contribution is 2.31. The standard InChI is InChI=1S/C25H25BN4O11/c1-2-29-8-9-30(22(34)21(29)33)25(39)28-18(14-7-6-13(23(35)36)10-16(14)31)20(32)27-17-11-12-4-3-5-15(24(37)38)19(12)41-26(17)40/h3-7,10,17-18,31,40H,2,8-9,11H2,1H3,(H,27,32)(H,28,39)(H,35,36)(H,37,38). The van der Waals surface area contributed by atoms with Gasteiger partial charge in [0.05, 0.1) is 17.1 Å². The van der Waals surface area contributed by atoms with E-state index >= 15 is 0 Å². The Hall–Kier alpha value is -5.12. The molecule has 2 aliphatic rings. The normalized spacial score (nSPS) is 17.3. The minimum Gasteiger partial charge on any atom is -0.534 e. The third-order valence-corrected chi connectivity index (χ3v) is 6.73. The van der Waals surface area contributed by atoms with Crippen LogP contribution in [0.25, 0.3) is 0 Å². The van der Waals surface area contributed by atoms with Gasteiger partial charge in [-0.2, -0.15) is 0 Å². The SMILES string of the molecule is CCN1CCN(C(=O)NC(C(=O)NC2Cc3cccc(C(=O)O)c3OB2O)c2ccc(C(=O)O)cc2O)C(=O)C1=O. The van der Waals surface area contributed by atoms with Gasteiger partial charge in [-0.15, -0.1) is 0 Å². The van der Waals surface area contributed by atoms with Gasteiger partial charge >= 0.3 is 36.9 Å². The van der Waals surface area contributed by atoms with E-state index in [-0.39, 0.29) is 48.5 Å².